The third kappa shape index (κ3) is 4.31. The van der Waals surface area contributed by atoms with Gasteiger partial charge in [0.05, 0.1) is 4.90 Å². The molecular weight excluding hydrogens is 348 g/mol. The Morgan fingerprint density at radius 1 is 1.00 bits per heavy atom. The highest BCUT2D eigenvalue weighted by atomic mass is 32.2. The number of carbonyl (C=O) groups excluding carboxylic acids is 1. The van der Waals surface area contributed by atoms with Crippen molar-refractivity contribution in [1.29, 1.82) is 0 Å². The van der Waals surface area contributed by atoms with Crippen molar-refractivity contribution in [3.8, 4) is 0 Å². The minimum absolute atomic E-state index is 0.0357. The van der Waals surface area contributed by atoms with Crippen molar-refractivity contribution >= 4 is 21.6 Å². The van der Waals surface area contributed by atoms with Crippen LogP contribution in [0.4, 0.5) is 5.69 Å². The van der Waals surface area contributed by atoms with Crippen LogP contribution in [0.2, 0.25) is 0 Å². The molecular formula is C20H26N2O3S. The molecule has 26 heavy (non-hydrogen) atoms. The van der Waals surface area contributed by atoms with Crippen LogP contribution in [0.25, 0.3) is 0 Å². The summed E-state index contributed by atoms with van der Waals surface area (Å²) in [5.74, 6) is -0.332. The maximum atomic E-state index is 12.6. The number of hydrogen-bond donors (Lipinski definition) is 1. The Bertz CT molecular complexity index is 909. The molecule has 0 aliphatic rings. The van der Waals surface area contributed by atoms with Crippen LogP contribution in [0.1, 0.15) is 42.3 Å². The summed E-state index contributed by atoms with van der Waals surface area (Å²) in [7, 11) is -0.663. The van der Waals surface area contributed by atoms with Crippen LogP contribution < -0.4 is 5.32 Å². The van der Waals surface area contributed by atoms with Gasteiger partial charge < -0.3 is 5.32 Å². The molecule has 0 unspecified atom stereocenters. The number of hydrogen-bond acceptors (Lipinski definition) is 3. The average Bonchev–Trinajstić information content (AvgIpc) is 2.54. The van der Waals surface area contributed by atoms with Crippen LogP contribution in [0.3, 0.4) is 0 Å². The van der Waals surface area contributed by atoms with E-state index in [-0.39, 0.29) is 16.2 Å². The lowest BCUT2D eigenvalue weighted by atomic mass is 9.87. The molecule has 0 fully saturated rings. The van der Waals surface area contributed by atoms with Gasteiger partial charge in [0, 0.05) is 25.3 Å². The standard InChI is InChI=1S/C20H26N2O3S/c1-14-7-12-17(26(24,25)22(5)6)13-18(14)19(23)21-16-10-8-15(9-11-16)20(2,3)4/h7-13H,1-6H3,(H,21,23). The highest BCUT2D eigenvalue weighted by Gasteiger charge is 2.20. The zero-order valence-corrected chi connectivity index (χ0v) is 16.9. The van der Waals surface area contributed by atoms with E-state index in [0.29, 0.717) is 16.8 Å². The molecule has 0 saturated carbocycles. The number of anilines is 1. The predicted octanol–water partition coefficient (Wildman–Crippen LogP) is 3.80. The van der Waals surface area contributed by atoms with Crippen molar-refractivity contribution < 1.29 is 13.2 Å². The fourth-order valence-corrected chi connectivity index (χ4v) is 3.40. The van der Waals surface area contributed by atoms with Crippen molar-refractivity contribution in [3.63, 3.8) is 0 Å². The fraction of sp³-hybridized carbons (Fsp3) is 0.350. The summed E-state index contributed by atoms with van der Waals surface area (Å²) < 4.78 is 25.7. The Labute approximate surface area is 156 Å². The molecule has 6 heteroatoms. The third-order valence-electron chi connectivity index (χ3n) is 4.24. The molecule has 1 N–H and O–H groups in total. The van der Waals surface area contributed by atoms with Gasteiger partial charge in [-0.05, 0) is 47.7 Å². The lowest BCUT2D eigenvalue weighted by Crippen LogP contribution is -2.23. The van der Waals surface area contributed by atoms with Crippen molar-refractivity contribution in [2.75, 3.05) is 19.4 Å². The first kappa shape index (κ1) is 20.1. The van der Waals surface area contributed by atoms with Gasteiger partial charge >= 0.3 is 0 Å². The van der Waals surface area contributed by atoms with E-state index in [9.17, 15) is 13.2 Å². The van der Waals surface area contributed by atoms with E-state index < -0.39 is 10.0 Å². The Morgan fingerprint density at radius 3 is 2.08 bits per heavy atom. The summed E-state index contributed by atoms with van der Waals surface area (Å²) in [5.41, 5.74) is 2.93. The fourth-order valence-electron chi connectivity index (χ4n) is 2.47. The third-order valence-corrected chi connectivity index (χ3v) is 6.05. The number of nitrogens with one attached hydrogen (secondary N) is 1. The van der Waals surface area contributed by atoms with Gasteiger partial charge in [-0.25, -0.2) is 12.7 Å². The largest absolute Gasteiger partial charge is 0.322 e. The van der Waals surface area contributed by atoms with Crippen molar-refractivity contribution in [2.45, 2.75) is 38.0 Å². The number of nitrogens with zero attached hydrogens (tertiary/aromatic N) is 1. The van der Waals surface area contributed by atoms with Gasteiger partial charge in [0.1, 0.15) is 0 Å². The molecule has 0 atom stereocenters. The lowest BCUT2D eigenvalue weighted by molar-refractivity contribution is 0.102. The smallest absolute Gasteiger partial charge is 0.255 e. The quantitative estimate of drug-likeness (QED) is 0.885. The first-order valence-electron chi connectivity index (χ1n) is 8.38. The van der Waals surface area contributed by atoms with E-state index in [1.165, 1.54) is 31.8 Å². The first-order chi connectivity index (χ1) is 11.9. The predicted molar refractivity (Wildman–Crippen MR) is 105 cm³/mol. The van der Waals surface area contributed by atoms with Crippen LogP contribution in [-0.4, -0.2) is 32.7 Å². The van der Waals surface area contributed by atoms with Gasteiger partial charge in [-0.15, -0.1) is 0 Å². The molecule has 0 radical (unpaired) electrons. The van der Waals surface area contributed by atoms with E-state index >= 15 is 0 Å². The molecule has 5 nitrogen and oxygen atoms in total. The Hall–Kier alpha value is -2.18. The number of rotatable bonds is 4. The van der Waals surface area contributed by atoms with Gasteiger partial charge in [0.2, 0.25) is 10.0 Å². The number of benzene rings is 2. The van der Waals surface area contributed by atoms with Crippen LogP contribution in [0.15, 0.2) is 47.4 Å². The van der Waals surface area contributed by atoms with Crippen LogP contribution in [0.5, 0.6) is 0 Å². The monoisotopic (exact) mass is 374 g/mol. The molecule has 2 aromatic rings. The molecule has 140 valence electrons. The number of aryl methyl sites for hydroxylation is 1. The SMILES string of the molecule is Cc1ccc(S(=O)(=O)N(C)C)cc1C(=O)Nc1ccc(C(C)(C)C)cc1. The van der Waals surface area contributed by atoms with E-state index in [1.54, 1.807) is 13.0 Å². The lowest BCUT2D eigenvalue weighted by Gasteiger charge is -2.19. The number of amides is 1. The normalized spacial score (nSPS) is 12.3. The Morgan fingerprint density at radius 2 is 1.58 bits per heavy atom. The van der Waals surface area contributed by atoms with Gasteiger partial charge in [-0.1, -0.05) is 39.0 Å². The van der Waals surface area contributed by atoms with Gasteiger partial charge in [0.15, 0.2) is 0 Å². The van der Waals surface area contributed by atoms with Crippen LogP contribution >= 0.6 is 0 Å². The van der Waals surface area contributed by atoms with Crippen molar-refractivity contribution in [1.82, 2.24) is 4.31 Å². The molecule has 1 amide bonds. The highest BCUT2D eigenvalue weighted by Crippen LogP contribution is 2.24. The van der Waals surface area contributed by atoms with E-state index in [2.05, 4.69) is 26.1 Å². The van der Waals surface area contributed by atoms with Gasteiger partial charge in [-0.2, -0.15) is 0 Å². The van der Waals surface area contributed by atoms with E-state index in [1.807, 2.05) is 24.3 Å². The average molecular weight is 375 g/mol. The molecule has 2 rings (SSSR count). The zero-order valence-electron chi connectivity index (χ0n) is 16.1. The van der Waals surface area contributed by atoms with Crippen LogP contribution in [-0.2, 0) is 15.4 Å². The molecule has 0 aliphatic carbocycles. The van der Waals surface area contributed by atoms with Crippen LogP contribution in [0, 0.1) is 6.92 Å². The maximum Gasteiger partial charge on any atom is 0.255 e. The van der Waals surface area contributed by atoms with E-state index in [0.717, 1.165) is 4.31 Å². The second-order valence-electron chi connectivity index (χ2n) is 7.55. The maximum absolute atomic E-state index is 12.6. The Balaban J connectivity index is 2.30. The van der Waals surface area contributed by atoms with Gasteiger partial charge in [-0.3, -0.25) is 4.79 Å². The Kier molecular flexibility index (Phi) is 5.58. The molecule has 0 spiro atoms. The second-order valence-corrected chi connectivity index (χ2v) is 9.70. The molecule has 0 heterocycles. The summed E-state index contributed by atoms with van der Waals surface area (Å²) in [6.07, 6.45) is 0. The summed E-state index contributed by atoms with van der Waals surface area (Å²) in [4.78, 5) is 12.7. The molecule has 2 aromatic carbocycles. The summed E-state index contributed by atoms with van der Waals surface area (Å²) in [5, 5.41) is 2.84. The molecule has 0 aliphatic heterocycles. The highest BCUT2D eigenvalue weighted by molar-refractivity contribution is 7.89. The first-order valence-corrected chi connectivity index (χ1v) is 9.82. The summed E-state index contributed by atoms with van der Waals surface area (Å²) >= 11 is 0. The molecule has 0 bridgehead atoms. The number of carbonyl (C=O) groups is 1. The summed E-state index contributed by atoms with van der Waals surface area (Å²) in [6.45, 7) is 8.16. The molecule has 0 saturated heterocycles. The zero-order chi connectivity index (χ0) is 19.7. The minimum Gasteiger partial charge on any atom is -0.322 e. The van der Waals surface area contributed by atoms with Crippen molar-refractivity contribution in [3.05, 3.63) is 59.2 Å². The molecule has 0 aromatic heterocycles. The van der Waals surface area contributed by atoms with Gasteiger partial charge in [0.25, 0.3) is 5.91 Å². The minimum atomic E-state index is -3.59. The second kappa shape index (κ2) is 7.21. The van der Waals surface area contributed by atoms with Crippen molar-refractivity contribution in [2.24, 2.45) is 0 Å². The number of sulfonamides is 1. The summed E-state index contributed by atoms with van der Waals surface area (Å²) in [6, 6.07) is 12.3. The topological polar surface area (TPSA) is 66.5 Å². The van der Waals surface area contributed by atoms with E-state index in [4.69, 9.17) is 0 Å².